The molecule has 1 heterocycles. The van der Waals surface area contributed by atoms with Crippen LogP contribution in [0.4, 0.5) is 5.95 Å². The molecule has 1 aliphatic rings. The lowest BCUT2D eigenvalue weighted by atomic mass is 10.3. The molecule has 2 N–H and O–H groups in total. The third kappa shape index (κ3) is 4.41. The summed E-state index contributed by atoms with van der Waals surface area (Å²) in [6.07, 6.45) is 6.02. The summed E-state index contributed by atoms with van der Waals surface area (Å²) in [6, 6.07) is 0.512. The lowest BCUT2D eigenvalue weighted by molar-refractivity contribution is 0.199. The molecule has 2 rings (SSSR count). The molecule has 1 aromatic heterocycles. The van der Waals surface area contributed by atoms with Crippen LogP contribution in [0.3, 0.4) is 0 Å². The zero-order valence-electron chi connectivity index (χ0n) is 11.4. The Labute approximate surface area is 113 Å². The second kappa shape index (κ2) is 7.37. The molecule has 1 fully saturated rings. The molecule has 0 amide bonds. The number of rotatable bonds is 9. The van der Waals surface area contributed by atoms with E-state index >= 15 is 0 Å². The van der Waals surface area contributed by atoms with E-state index in [4.69, 9.17) is 9.84 Å². The van der Waals surface area contributed by atoms with Crippen molar-refractivity contribution in [3.8, 4) is 0 Å². The molecule has 0 unspecified atom stereocenters. The summed E-state index contributed by atoms with van der Waals surface area (Å²) < 4.78 is 4.97. The van der Waals surface area contributed by atoms with Gasteiger partial charge >= 0.3 is 0 Å². The standard InChI is InChI=1S/C13H22N4O2/c1-19-7-4-14-8-11-9-15-13(16-10-11)17(5-6-18)12-2-3-12/h9-10,12,14,18H,2-8H2,1H3. The summed E-state index contributed by atoms with van der Waals surface area (Å²) in [5.41, 5.74) is 1.06. The maximum Gasteiger partial charge on any atom is 0.225 e. The van der Waals surface area contributed by atoms with Crippen molar-refractivity contribution in [3.05, 3.63) is 18.0 Å². The fourth-order valence-electron chi connectivity index (χ4n) is 1.93. The number of anilines is 1. The molecule has 6 heteroatoms. The van der Waals surface area contributed by atoms with Gasteiger partial charge < -0.3 is 20.1 Å². The molecule has 19 heavy (non-hydrogen) atoms. The maximum atomic E-state index is 9.08. The molecule has 0 aromatic carbocycles. The Morgan fingerprint density at radius 1 is 1.42 bits per heavy atom. The van der Waals surface area contributed by atoms with Crippen LogP contribution in [0.15, 0.2) is 12.4 Å². The van der Waals surface area contributed by atoms with Gasteiger partial charge in [-0.15, -0.1) is 0 Å². The largest absolute Gasteiger partial charge is 0.395 e. The number of nitrogens with one attached hydrogen (secondary N) is 1. The van der Waals surface area contributed by atoms with E-state index < -0.39 is 0 Å². The van der Waals surface area contributed by atoms with Gasteiger partial charge in [0.1, 0.15) is 0 Å². The summed E-state index contributed by atoms with van der Waals surface area (Å²) in [6.45, 7) is 3.01. The first-order valence-electron chi connectivity index (χ1n) is 6.73. The summed E-state index contributed by atoms with van der Waals surface area (Å²) in [5, 5.41) is 12.3. The highest BCUT2D eigenvalue weighted by Crippen LogP contribution is 2.29. The van der Waals surface area contributed by atoms with Gasteiger partial charge in [-0.2, -0.15) is 0 Å². The molecule has 0 spiro atoms. The third-order valence-electron chi connectivity index (χ3n) is 3.09. The lowest BCUT2D eigenvalue weighted by Crippen LogP contribution is -2.30. The van der Waals surface area contributed by atoms with Crippen LogP contribution < -0.4 is 10.2 Å². The number of aliphatic hydroxyl groups excluding tert-OH is 1. The third-order valence-corrected chi connectivity index (χ3v) is 3.09. The Hall–Kier alpha value is -1.24. The average molecular weight is 266 g/mol. The van der Waals surface area contributed by atoms with Crippen molar-refractivity contribution in [2.24, 2.45) is 0 Å². The molecule has 1 saturated carbocycles. The number of methoxy groups -OCH3 is 1. The van der Waals surface area contributed by atoms with E-state index in [9.17, 15) is 0 Å². The quantitative estimate of drug-likeness (QED) is 0.621. The monoisotopic (exact) mass is 266 g/mol. The van der Waals surface area contributed by atoms with Crippen molar-refractivity contribution in [2.45, 2.75) is 25.4 Å². The number of hydrogen-bond acceptors (Lipinski definition) is 6. The predicted molar refractivity (Wildman–Crippen MR) is 73.1 cm³/mol. The normalized spacial score (nSPS) is 14.6. The van der Waals surface area contributed by atoms with Crippen molar-refractivity contribution < 1.29 is 9.84 Å². The van der Waals surface area contributed by atoms with E-state index in [1.807, 2.05) is 12.4 Å². The molecule has 1 aliphatic carbocycles. The van der Waals surface area contributed by atoms with Gasteiger partial charge in [-0.1, -0.05) is 0 Å². The second-order valence-corrected chi connectivity index (χ2v) is 4.71. The Kier molecular flexibility index (Phi) is 5.50. The SMILES string of the molecule is COCCNCc1cnc(N(CCO)C2CC2)nc1. The molecule has 6 nitrogen and oxygen atoms in total. The van der Waals surface area contributed by atoms with E-state index in [-0.39, 0.29) is 6.61 Å². The molecular formula is C13H22N4O2. The Balaban J connectivity index is 1.86. The van der Waals surface area contributed by atoms with Crippen molar-refractivity contribution in [1.82, 2.24) is 15.3 Å². The predicted octanol–water partition coefficient (Wildman–Crippen LogP) is 0.174. The first-order valence-corrected chi connectivity index (χ1v) is 6.73. The molecule has 0 aliphatic heterocycles. The molecule has 106 valence electrons. The van der Waals surface area contributed by atoms with E-state index in [2.05, 4.69) is 20.2 Å². The highest BCUT2D eigenvalue weighted by molar-refractivity contribution is 5.34. The molecule has 1 aromatic rings. The van der Waals surface area contributed by atoms with Gasteiger partial charge in [-0.3, -0.25) is 0 Å². The molecule has 0 atom stereocenters. The van der Waals surface area contributed by atoms with Gasteiger partial charge in [0.15, 0.2) is 0 Å². The van der Waals surface area contributed by atoms with Crippen LogP contribution >= 0.6 is 0 Å². The zero-order valence-corrected chi connectivity index (χ0v) is 11.4. The number of aliphatic hydroxyl groups is 1. The lowest BCUT2D eigenvalue weighted by Gasteiger charge is -2.21. The summed E-state index contributed by atoms with van der Waals surface area (Å²) in [7, 11) is 1.69. The van der Waals surface area contributed by atoms with Gasteiger partial charge in [0.05, 0.1) is 13.2 Å². The van der Waals surface area contributed by atoms with Gasteiger partial charge in [0, 0.05) is 50.7 Å². The fraction of sp³-hybridized carbons (Fsp3) is 0.692. The van der Waals surface area contributed by atoms with E-state index in [0.29, 0.717) is 19.2 Å². The van der Waals surface area contributed by atoms with Gasteiger partial charge in [-0.25, -0.2) is 9.97 Å². The first kappa shape index (κ1) is 14.2. The number of hydrogen-bond donors (Lipinski definition) is 2. The Morgan fingerprint density at radius 3 is 2.74 bits per heavy atom. The molecule has 0 bridgehead atoms. The van der Waals surface area contributed by atoms with Crippen molar-refractivity contribution in [3.63, 3.8) is 0 Å². The molecule has 0 saturated heterocycles. The number of ether oxygens (including phenoxy) is 1. The van der Waals surface area contributed by atoms with Crippen molar-refractivity contribution in [1.29, 1.82) is 0 Å². The highest BCUT2D eigenvalue weighted by atomic mass is 16.5. The Bertz CT molecular complexity index is 367. The average Bonchev–Trinajstić information content (AvgIpc) is 3.26. The van der Waals surface area contributed by atoms with Crippen LogP contribution in [0.25, 0.3) is 0 Å². The van der Waals surface area contributed by atoms with Crippen LogP contribution in [-0.2, 0) is 11.3 Å². The van der Waals surface area contributed by atoms with E-state index in [0.717, 1.165) is 24.6 Å². The molecular weight excluding hydrogens is 244 g/mol. The van der Waals surface area contributed by atoms with E-state index in [1.54, 1.807) is 7.11 Å². The maximum absolute atomic E-state index is 9.08. The smallest absolute Gasteiger partial charge is 0.225 e. The minimum atomic E-state index is 0.139. The van der Waals surface area contributed by atoms with Crippen molar-refractivity contribution in [2.75, 3.05) is 38.3 Å². The van der Waals surface area contributed by atoms with Crippen LogP contribution in [0.5, 0.6) is 0 Å². The summed E-state index contributed by atoms with van der Waals surface area (Å²) >= 11 is 0. The number of aromatic nitrogens is 2. The van der Waals surface area contributed by atoms with Crippen LogP contribution in [0, 0.1) is 0 Å². The van der Waals surface area contributed by atoms with Gasteiger partial charge in [0.25, 0.3) is 0 Å². The zero-order chi connectivity index (χ0) is 13.5. The second-order valence-electron chi connectivity index (χ2n) is 4.71. The van der Waals surface area contributed by atoms with E-state index in [1.165, 1.54) is 12.8 Å². The minimum Gasteiger partial charge on any atom is -0.395 e. The first-order chi connectivity index (χ1) is 9.35. The van der Waals surface area contributed by atoms with Gasteiger partial charge in [-0.05, 0) is 12.8 Å². The van der Waals surface area contributed by atoms with Crippen LogP contribution in [-0.4, -0.2) is 54.5 Å². The number of nitrogens with zero attached hydrogens (tertiary/aromatic N) is 3. The van der Waals surface area contributed by atoms with Crippen LogP contribution in [0.1, 0.15) is 18.4 Å². The minimum absolute atomic E-state index is 0.139. The van der Waals surface area contributed by atoms with Gasteiger partial charge in [0.2, 0.25) is 5.95 Å². The fourth-order valence-corrected chi connectivity index (χ4v) is 1.93. The Morgan fingerprint density at radius 2 is 2.16 bits per heavy atom. The summed E-state index contributed by atoms with van der Waals surface area (Å²) in [4.78, 5) is 10.9. The summed E-state index contributed by atoms with van der Waals surface area (Å²) in [5.74, 6) is 0.720. The topological polar surface area (TPSA) is 70.5 Å². The highest BCUT2D eigenvalue weighted by Gasteiger charge is 2.30. The van der Waals surface area contributed by atoms with Crippen molar-refractivity contribution >= 4 is 5.95 Å². The van der Waals surface area contributed by atoms with Crippen LogP contribution in [0.2, 0.25) is 0 Å². The molecule has 0 radical (unpaired) electrons.